The normalized spacial score (nSPS) is 9.95. The maximum absolute atomic E-state index is 4.29. The average molecular weight is 426 g/mol. The van der Waals surface area contributed by atoms with E-state index in [0.29, 0.717) is 0 Å². The summed E-state index contributed by atoms with van der Waals surface area (Å²) in [5, 5.41) is 4.11. The summed E-state index contributed by atoms with van der Waals surface area (Å²) in [7, 11) is 1.89. The topological polar surface area (TPSA) is 30.7 Å². The molecule has 1 heterocycles. The van der Waals surface area contributed by atoms with Crippen LogP contribution in [0.25, 0.3) is 22.5 Å². The van der Waals surface area contributed by atoms with Gasteiger partial charge in [0.15, 0.2) is 0 Å². The Kier molecular flexibility index (Phi) is 4.25. The molecule has 1 radical (unpaired) electrons. The van der Waals surface area contributed by atoms with Crippen molar-refractivity contribution in [2.75, 3.05) is 0 Å². The smallest absolute Gasteiger partial charge is 0.127 e. The van der Waals surface area contributed by atoms with Crippen molar-refractivity contribution in [3.8, 4) is 22.5 Å². The fourth-order valence-corrected chi connectivity index (χ4v) is 2.00. The largest absolute Gasteiger partial charge is 0.289 e. The number of aromatic nitrogens is 3. The molecular weight excluding hydrogens is 414 g/mol. The predicted molar refractivity (Wildman–Crippen MR) is 70.7 cm³/mol. The van der Waals surface area contributed by atoms with Crippen molar-refractivity contribution in [1.82, 2.24) is 14.8 Å². The zero-order valence-electron chi connectivity index (χ0n) is 10.4. The van der Waals surface area contributed by atoms with E-state index in [2.05, 4.69) is 34.3 Å². The molecule has 2 aromatic carbocycles. The molecule has 0 atom stereocenters. The van der Waals surface area contributed by atoms with E-state index in [-0.39, 0.29) is 20.1 Å². The minimum absolute atomic E-state index is 0. The first-order valence-corrected chi connectivity index (χ1v) is 5.77. The summed E-state index contributed by atoms with van der Waals surface area (Å²) in [4.78, 5) is 4.29. The molecule has 0 unspecified atom stereocenters. The zero-order chi connectivity index (χ0) is 12.4. The van der Waals surface area contributed by atoms with Crippen molar-refractivity contribution in [3.63, 3.8) is 0 Å². The molecule has 0 bridgehead atoms. The maximum atomic E-state index is 4.29. The molecule has 97 valence electrons. The average Bonchev–Trinajstić information content (AvgIpc) is 2.86. The Morgan fingerprint density at radius 2 is 1.84 bits per heavy atom. The third-order valence-electron chi connectivity index (χ3n) is 2.88. The molecule has 0 aliphatic rings. The van der Waals surface area contributed by atoms with Crippen LogP contribution in [-0.4, -0.2) is 14.8 Å². The van der Waals surface area contributed by atoms with Gasteiger partial charge in [-0.3, -0.25) is 9.67 Å². The third-order valence-corrected chi connectivity index (χ3v) is 2.88. The number of benzene rings is 2. The van der Waals surface area contributed by atoms with E-state index in [0.717, 1.165) is 22.5 Å². The minimum Gasteiger partial charge on any atom is -0.289 e. The van der Waals surface area contributed by atoms with Crippen molar-refractivity contribution >= 4 is 0 Å². The van der Waals surface area contributed by atoms with Crippen LogP contribution in [0.4, 0.5) is 0 Å². The molecule has 0 aliphatic heterocycles. The van der Waals surface area contributed by atoms with E-state index < -0.39 is 0 Å². The van der Waals surface area contributed by atoms with Crippen molar-refractivity contribution in [2.24, 2.45) is 7.05 Å². The number of aryl methyl sites for hydroxylation is 1. The van der Waals surface area contributed by atoms with E-state index in [1.807, 2.05) is 37.4 Å². The van der Waals surface area contributed by atoms with Crippen LogP contribution in [0.15, 0.2) is 54.9 Å². The number of nitrogens with zero attached hydrogens (tertiary/aromatic N) is 3. The Morgan fingerprint density at radius 1 is 1.05 bits per heavy atom. The van der Waals surface area contributed by atoms with Gasteiger partial charge in [-0.25, -0.2) is 0 Å². The van der Waals surface area contributed by atoms with Gasteiger partial charge in [-0.05, 0) is 0 Å². The summed E-state index contributed by atoms with van der Waals surface area (Å²) in [5.41, 5.74) is 3.25. The molecular formula is C15H12IrN3-. The fourth-order valence-electron chi connectivity index (χ4n) is 2.00. The Morgan fingerprint density at radius 3 is 2.53 bits per heavy atom. The molecule has 3 rings (SSSR count). The van der Waals surface area contributed by atoms with E-state index in [4.69, 9.17) is 0 Å². The van der Waals surface area contributed by atoms with E-state index >= 15 is 0 Å². The molecule has 0 saturated heterocycles. The van der Waals surface area contributed by atoms with Crippen LogP contribution >= 0.6 is 0 Å². The van der Waals surface area contributed by atoms with Crippen LogP contribution in [0.2, 0.25) is 0 Å². The van der Waals surface area contributed by atoms with Crippen molar-refractivity contribution in [1.29, 1.82) is 0 Å². The van der Waals surface area contributed by atoms with Crippen LogP contribution in [0, 0.1) is 6.07 Å². The number of hydrogen-bond donors (Lipinski definition) is 0. The molecule has 0 aliphatic carbocycles. The standard InChI is InChI=1S/C15H12N3.Ir/c1-18-15(16-11-17-18)14-10-6-5-9-13(14)12-7-3-2-4-8-12;/h2-9,11H,1H3;/q-1;. The maximum Gasteiger partial charge on any atom is 0.127 e. The molecule has 0 fully saturated rings. The van der Waals surface area contributed by atoms with Gasteiger partial charge >= 0.3 is 0 Å². The second-order valence-electron chi connectivity index (χ2n) is 4.03. The molecule has 19 heavy (non-hydrogen) atoms. The molecule has 0 N–H and O–H groups in total. The summed E-state index contributed by atoms with van der Waals surface area (Å²) in [5.74, 6) is 0.828. The van der Waals surface area contributed by atoms with Crippen LogP contribution in [0.5, 0.6) is 0 Å². The molecule has 0 saturated carbocycles. The van der Waals surface area contributed by atoms with Gasteiger partial charge in [0.05, 0.1) is 5.82 Å². The molecule has 1 aromatic heterocycles. The summed E-state index contributed by atoms with van der Waals surface area (Å²) in [6.07, 6.45) is 1.56. The summed E-state index contributed by atoms with van der Waals surface area (Å²) >= 11 is 0. The van der Waals surface area contributed by atoms with Gasteiger partial charge in [-0.2, -0.15) is 5.10 Å². The van der Waals surface area contributed by atoms with Crippen molar-refractivity contribution in [2.45, 2.75) is 0 Å². The fraction of sp³-hybridized carbons (Fsp3) is 0.0667. The van der Waals surface area contributed by atoms with Crippen LogP contribution < -0.4 is 0 Å². The Bertz CT molecular complexity index is 662. The first kappa shape index (κ1) is 13.7. The van der Waals surface area contributed by atoms with E-state index in [1.165, 1.54) is 0 Å². The first-order valence-electron chi connectivity index (χ1n) is 5.77. The second-order valence-corrected chi connectivity index (χ2v) is 4.03. The minimum atomic E-state index is 0. The summed E-state index contributed by atoms with van der Waals surface area (Å²) < 4.78 is 1.76. The van der Waals surface area contributed by atoms with Crippen molar-refractivity contribution < 1.29 is 20.1 Å². The Balaban J connectivity index is 0.00000133. The van der Waals surface area contributed by atoms with Crippen LogP contribution in [-0.2, 0) is 27.2 Å². The first-order chi connectivity index (χ1) is 8.86. The van der Waals surface area contributed by atoms with Gasteiger partial charge in [-0.15, -0.1) is 24.3 Å². The number of rotatable bonds is 2. The summed E-state index contributed by atoms with van der Waals surface area (Å²) in [6.45, 7) is 0. The number of hydrogen-bond acceptors (Lipinski definition) is 2. The van der Waals surface area contributed by atoms with Gasteiger partial charge in [0.1, 0.15) is 6.33 Å². The Labute approximate surface area is 125 Å². The third kappa shape index (κ3) is 2.65. The molecule has 3 nitrogen and oxygen atoms in total. The van der Waals surface area contributed by atoms with Crippen LogP contribution in [0.3, 0.4) is 0 Å². The zero-order valence-corrected chi connectivity index (χ0v) is 12.8. The predicted octanol–water partition coefficient (Wildman–Crippen LogP) is 2.95. The van der Waals surface area contributed by atoms with Gasteiger partial charge in [0.25, 0.3) is 0 Å². The Hall–Kier alpha value is -1.77. The molecule has 0 spiro atoms. The molecule has 0 amide bonds. The van der Waals surface area contributed by atoms with Crippen LogP contribution in [0.1, 0.15) is 0 Å². The molecule has 3 aromatic rings. The van der Waals surface area contributed by atoms with Gasteiger partial charge in [-0.1, -0.05) is 47.0 Å². The van der Waals surface area contributed by atoms with Gasteiger partial charge in [0.2, 0.25) is 0 Å². The summed E-state index contributed by atoms with van der Waals surface area (Å²) in [6, 6.07) is 19.5. The van der Waals surface area contributed by atoms with E-state index in [1.54, 1.807) is 11.0 Å². The molecule has 4 heteroatoms. The second kappa shape index (κ2) is 5.91. The van der Waals surface area contributed by atoms with Gasteiger partial charge in [0, 0.05) is 27.2 Å². The van der Waals surface area contributed by atoms with E-state index in [9.17, 15) is 0 Å². The monoisotopic (exact) mass is 427 g/mol. The van der Waals surface area contributed by atoms with Crippen molar-refractivity contribution in [3.05, 3.63) is 60.9 Å². The quantitative estimate of drug-likeness (QED) is 0.590. The SMILES string of the molecule is Cn1ncnc1-c1[c-]cccc1-c1ccccc1.[Ir]. The van der Waals surface area contributed by atoms with Gasteiger partial charge < -0.3 is 0 Å².